The molecule has 2 aromatic carbocycles. The number of para-hydroxylation sites is 2. The van der Waals surface area contributed by atoms with Crippen molar-refractivity contribution in [1.82, 2.24) is 4.90 Å². The molecule has 0 radical (unpaired) electrons. The SMILES string of the molecule is COc1ccccc1N1CCN(C(=O)Nc2cc(C(F)(F)F)cc(C(F)(F)F)c2)CC1. The van der Waals surface area contributed by atoms with Crippen LogP contribution in [-0.4, -0.2) is 44.2 Å². The number of benzene rings is 2. The first-order valence-electron chi connectivity index (χ1n) is 9.22. The second-order valence-corrected chi connectivity index (χ2v) is 6.87. The molecule has 0 unspecified atom stereocenters. The minimum Gasteiger partial charge on any atom is -0.495 e. The zero-order chi connectivity index (χ0) is 22.8. The van der Waals surface area contributed by atoms with Crippen LogP contribution >= 0.6 is 0 Å². The van der Waals surface area contributed by atoms with Gasteiger partial charge in [-0.25, -0.2) is 4.79 Å². The number of hydrogen-bond acceptors (Lipinski definition) is 3. The third kappa shape index (κ3) is 5.33. The Bertz CT molecular complexity index is 905. The molecule has 2 aromatic rings. The zero-order valence-electron chi connectivity index (χ0n) is 16.3. The maximum atomic E-state index is 13.0. The minimum atomic E-state index is -4.99. The fourth-order valence-corrected chi connectivity index (χ4v) is 3.27. The third-order valence-electron chi connectivity index (χ3n) is 4.83. The first-order valence-corrected chi connectivity index (χ1v) is 9.22. The molecule has 0 spiro atoms. The number of carbonyl (C=O) groups excluding carboxylic acids is 1. The average Bonchev–Trinajstić information content (AvgIpc) is 2.72. The molecule has 11 heteroatoms. The van der Waals surface area contributed by atoms with E-state index < -0.39 is 35.2 Å². The van der Waals surface area contributed by atoms with Crippen LogP contribution in [-0.2, 0) is 12.4 Å². The molecule has 0 aliphatic carbocycles. The predicted molar refractivity (Wildman–Crippen MR) is 102 cm³/mol. The van der Waals surface area contributed by atoms with Gasteiger partial charge in [-0.05, 0) is 30.3 Å². The Labute approximate surface area is 174 Å². The highest BCUT2D eigenvalue weighted by Crippen LogP contribution is 2.37. The Kier molecular flexibility index (Phi) is 6.23. The van der Waals surface area contributed by atoms with E-state index in [2.05, 4.69) is 5.32 Å². The highest BCUT2D eigenvalue weighted by molar-refractivity contribution is 5.89. The van der Waals surface area contributed by atoms with Gasteiger partial charge in [0.2, 0.25) is 0 Å². The summed E-state index contributed by atoms with van der Waals surface area (Å²) in [5, 5.41) is 2.16. The summed E-state index contributed by atoms with van der Waals surface area (Å²) in [6, 6.07) is 7.51. The lowest BCUT2D eigenvalue weighted by molar-refractivity contribution is -0.143. The van der Waals surface area contributed by atoms with E-state index in [0.717, 1.165) is 5.69 Å². The molecule has 1 N–H and O–H groups in total. The van der Waals surface area contributed by atoms with Crippen molar-refractivity contribution >= 4 is 17.4 Å². The average molecular weight is 447 g/mol. The normalized spacial score (nSPS) is 15.1. The number of rotatable bonds is 3. The molecule has 0 saturated carbocycles. The van der Waals surface area contributed by atoms with Crippen molar-refractivity contribution in [1.29, 1.82) is 0 Å². The van der Waals surface area contributed by atoms with Crippen molar-refractivity contribution in [3.05, 3.63) is 53.6 Å². The maximum Gasteiger partial charge on any atom is 0.416 e. The van der Waals surface area contributed by atoms with Crippen LogP contribution in [0.5, 0.6) is 5.75 Å². The molecule has 2 amide bonds. The second-order valence-electron chi connectivity index (χ2n) is 6.87. The van der Waals surface area contributed by atoms with Gasteiger partial charge >= 0.3 is 18.4 Å². The summed E-state index contributed by atoms with van der Waals surface area (Å²) >= 11 is 0. The molecule has 1 saturated heterocycles. The molecule has 1 aliphatic heterocycles. The van der Waals surface area contributed by atoms with E-state index in [1.54, 1.807) is 6.07 Å². The number of hydrogen-bond donors (Lipinski definition) is 1. The topological polar surface area (TPSA) is 44.8 Å². The summed E-state index contributed by atoms with van der Waals surface area (Å²) in [4.78, 5) is 15.8. The van der Waals surface area contributed by atoms with Crippen LogP contribution in [0.4, 0.5) is 42.5 Å². The Morgan fingerprint density at radius 2 is 1.45 bits per heavy atom. The standard InChI is InChI=1S/C20H19F6N3O2/c1-31-17-5-3-2-4-16(17)28-6-8-29(9-7-28)18(30)27-15-11-13(19(21,22)23)10-14(12-15)20(24,25)26/h2-5,10-12H,6-9H2,1H3,(H,27,30). The summed E-state index contributed by atoms with van der Waals surface area (Å²) < 4.78 is 83.2. The molecule has 168 valence electrons. The van der Waals surface area contributed by atoms with Crippen molar-refractivity contribution in [2.24, 2.45) is 0 Å². The van der Waals surface area contributed by atoms with Crippen LogP contribution < -0.4 is 15.0 Å². The van der Waals surface area contributed by atoms with Gasteiger partial charge in [0.05, 0.1) is 23.9 Å². The lowest BCUT2D eigenvalue weighted by Crippen LogP contribution is -2.50. The Balaban J connectivity index is 1.71. The summed E-state index contributed by atoms with van der Waals surface area (Å²) in [5.74, 6) is 0.657. The number of urea groups is 1. The maximum absolute atomic E-state index is 13.0. The number of carbonyl (C=O) groups is 1. The Morgan fingerprint density at radius 1 is 0.903 bits per heavy atom. The van der Waals surface area contributed by atoms with Crippen molar-refractivity contribution < 1.29 is 35.9 Å². The number of nitrogens with zero attached hydrogens (tertiary/aromatic N) is 2. The Hall–Kier alpha value is -3.11. The highest BCUT2D eigenvalue weighted by Gasteiger charge is 2.37. The van der Waals surface area contributed by atoms with Crippen molar-refractivity contribution in [3.63, 3.8) is 0 Å². The van der Waals surface area contributed by atoms with Crippen molar-refractivity contribution in [2.75, 3.05) is 43.5 Å². The first kappa shape index (κ1) is 22.6. The van der Waals surface area contributed by atoms with Gasteiger partial charge in [-0.2, -0.15) is 26.3 Å². The summed E-state index contributed by atoms with van der Waals surface area (Å²) in [7, 11) is 1.53. The fourth-order valence-electron chi connectivity index (χ4n) is 3.27. The molecule has 5 nitrogen and oxygen atoms in total. The smallest absolute Gasteiger partial charge is 0.416 e. The van der Waals surface area contributed by atoms with Gasteiger partial charge in [0.15, 0.2) is 0 Å². The van der Waals surface area contributed by atoms with E-state index in [0.29, 0.717) is 31.0 Å². The van der Waals surface area contributed by atoms with E-state index in [1.165, 1.54) is 12.0 Å². The molecule has 1 aliphatic rings. The molecule has 1 fully saturated rings. The molecule has 0 bridgehead atoms. The largest absolute Gasteiger partial charge is 0.495 e. The summed E-state index contributed by atoms with van der Waals surface area (Å²) in [6.45, 7) is 1.30. The van der Waals surface area contributed by atoms with E-state index in [-0.39, 0.29) is 19.2 Å². The van der Waals surface area contributed by atoms with Gasteiger partial charge in [-0.1, -0.05) is 12.1 Å². The van der Waals surface area contributed by atoms with Gasteiger partial charge in [0, 0.05) is 31.9 Å². The van der Waals surface area contributed by atoms with Gasteiger partial charge < -0.3 is 19.9 Å². The molecular weight excluding hydrogens is 428 g/mol. The predicted octanol–water partition coefficient (Wildman–Crippen LogP) is 5.09. The van der Waals surface area contributed by atoms with E-state index >= 15 is 0 Å². The van der Waals surface area contributed by atoms with Crippen LogP contribution in [0.15, 0.2) is 42.5 Å². The van der Waals surface area contributed by atoms with Crippen LogP contribution in [0, 0.1) is 0 Å². The lowest BCUT2D eigenvalue weighted by atomic mass is 10.1. The first-order chi connectivity index (χ1) is 14.5. The zero-order valence-corrected chi connectivity index (χ0v) is 16.3. The number of piperazine rings is 1. The second kappa shape index (κ2) is 8.56. The molecule has 0 aromatic heterocycles. The van der Waals surface area contributed by atoms with E-state index in [4.69, 9.17) is 4.74 Å². The van der Waals surface area contributed by atoms with E-state index in [9.17, 15) is 31.1 Å². The molecular formula is C20H19F6N3O2. The number of ether oxygens (including phenoxy) is 1. The van der Waals surface area contributed by atoms with Crippen molar-refractivity contribution in [3.8, 4) is 5.75 Å². The summed E-state index contributed by atoms with van der Waals surface area (Å²) in [6.07, 6.45) is -9.97. The number of methoxy groups -OCH3 is 1. The third-order valence-corrected chi connectivity index (χ3v) is 4.83. The van der Waals surface area contributed by atoms with Gasteiger partial charge in [-0.15, -0.1) is 0 Å². The van der Waals surface area contributed by atoms with Gasteiger partial charge in [0.1, 0.15) is 5.75 Å². The number of anilines is 2. The molecule has 3 rings (SSSR count). The fraction of sp³-hybridized carbons (Fsp3) is 0.350. The summed E-state index contributed by atoms with van der Waals surface area (Å²) in [5.41, 5.74) is -2.71. The van der Waals surface area contributed by atoms with Crippen LogP contribution in [0.1, 0.15) is 11.1 Å². The van der Waals surface area contributed by atoms with Crippen LogP contribution in [0.2, 0.25) is 0 Å². The number of alkyl halides is 6. The lowest BCUT2D eigenvalue weighted by Gasteiger charge is -2.36. The van der Waals surface area contributed by atoms with Gasteiger partial charge in [-0.3, -0.25) is 0 Å². The molecule has 0 atom stereocenters. The number of amides is 2. The van der Waals surface area contributed by atoms with Crippen LogP contribution in [0.3, 0.4) is 0 Å². The molecule has 31 heavy (non-hydrogen) atoms. The minimum absolute atomic E-state index is 0.0155. The van der Waals surface area contributed by atoms with Gasteiger partial charge in [0.25, 0.3) is 0 Å². The van der Waals surface area contributed by atoms with Crippen LogP contribution in [0.25, 0.3) is 0 Å². The Morgan fingerprint density at radius 3 is 1.97 bits per heavy atom. The highest BCUT2D eigenvalue weighted by atomic mass is 19.4. The number of nitrogens with one attached hydrogen (secondary N) is 1. The van der Waals surface area contributed by atoms with Crippen molar-refractivity contribution in [2.45, 2.75) is 12.4 Å². The van der Waals surface area contributed by atoms with E-state index in [1.807, 2.05) is 23.1 Å². The molecule has 1 heterocycles. The monoisotopic (exact) mass is 447 g/mol. The number of halogens is 6. The quantitative estimate of drug-likeness (QED) is 0.667.